The van der Waals surface area contributed by atoms with Crippen LogP contribution in [0.2, 0.25) is 0 Å². The Morgan fingerprint density at radius 3 is 2.88 bits per heavy atom. The van der Waals surface area contributed by atoms with Crippen molar-refractivity contribution in [1.82, 2.24) is 29.9 Å². The molecule has 3 aromatic heterocycles. The number of nitrogens with one attached hydrogen (secondary N) is 1. The first-order valence-corrected chi connectivity index (χ1v) is 9.01. The van der Waals surface area contributed by atoms with Crippen LogP contribution in [-0.2, 0) is 6.54 Å². The minimum absolute atomic E-state index is 0.663. The van der Waals surface area contributed by atoms with Crippen molar-refractivity contribution in [2.45, 2.75) is 38.8 Å². The maximum Gasteiger partial charge on any atom is 0.227 e. The molecular weight excluding hydrogens is 314 g/mol. The summed E-state index contributed by atoms with van der Waals surface area (Å²) in [6.45, 7) is 4.10. The minimum atomic E-state index is 0.663. The number of nitrogens with zero attached hydrogens (tertiary/aromatic N) is 6. The van der Waals surface area contributed by atoms with E-state index < -0.39 is 0 Å². The molecule has 128 valence electrons. The molecule has 4 heterocycles. The summed E-state index contributed by atoms with van der Waals surface area (Å²) in [6.07, 6.45) is 7.54. The SMILES string of the molecule is CCn1c(-c2cc(-c3ccncc3)n[nH]2)nnc1N1CC2CCCC21. The van der Waals surface area contributed by atoms with Gasteiger partial charge in [0, 0.05) is 37.1 Å². The van der Waals surface area contributed by atoms with E-state index in [1.54, 1.807) is 12.4 Å². The molecule has 1 saturated heterocycles. The van der Waals surface area contributed by atoms with Crippen LogP contribution in [0.1, 0.15) is 26.2 Å². The number of aromatic nitrogens is 6. The van der Waals surface area contributed by atoms with Crippen LogP contribution in [0, 0.1) is 5.92 Å². The van der Waals surface area contributed by atoms with Crippen LogP contribution in [0.5, 0.6) is 0 Å². The van der Waals surface area contributed by atoms with Gasteiger partial charge in [-0.15, -0.1) is 10.2 Å². The van der Waals surface area contributed by atoms with Gasteiger partial charge in [-0.05, 0) is 43.9 Å². The molecule has 5 rings (SSSR count). The second-order valence-electron chi connectivity index (χ2n) is 6.88. The van der Waals surface area contributed by atoms with Gasteiger partial charge in [0.25, 0.3) is 0 Å². The highest BCUT2D eigenvalue weighted by atomic mass is 15.4. The first-order chi connectivity index (χ1) is 12.3. The Hall–Kier alpha value is -2.70. The van der Waals surface area contributed by atoms with Gasteiger partial charge < -0.3 is 4.90 Å². The molecule has 0 spiro atoms. The van der Waals surface area contributed by atoms with E-state index in [0.29, 0.717) is 6.04 Å². The van der Waals surface area contributed by atoms with Crippen molar-refractivity contribution in [2.24, 2.45) is 5.92 Å². The highest BCUT2D eigenvalue weighted by molar-refractivity contribution is 5.65. The van der Waals surface area contributed by atoms with E-state index in [4.69, 9.17) is 0 Å². The number of hydrogen-bond donors (Lipinski definition) is 1. The number of anilines is 1. The molecule has 0 aromatic carbocycles. The largest absolute Gasteiger partial charge is 0.337 e. The van der Waals surface area contributed by atoms with Gasteiger partial charge in [-0.2, -0.15) is 5.10 Å². The van der Waals surface area contributed by atoms with E-state index in [1.807, 2.05) is 18.2 Å². The maximum atomic E-state index is 4.51. The van der Waals surface area contributed by atoms with Crippen molar-refractivity contribution in [3.8, 4) is 22.8 Å². The summed E-state index contributed by atoms with van der Waals surface area (Å²) in [5, 5.41) is 16.5. The number of hydrogen-bond acceptors (Lipinski definition) is 5. The summed E-state index contributed by atoms with van der Waals surface area (Å²) in [4.78, 5) is 6.49. The zero-order valence-corrected chi connectivity index (χ0v) is 14.3. The third-order valence-corrected chi connectivity index (χ3v) is 5.55. The van der Waals surface area contributed by atoms with Gasteiger partial charge >= 0.3 is 0 Å². The Labute approximate surface area is 146 Å². The number of rotatable bonds is 4. The molecule has 0 amide bonds. The minimum Gasteiger partial charge on any atom is -0.337 e. The molecule has 1 N–H and O–H groups in total. The molecule has 1 aliphatic heterocycles. The molecule has 7 heteroatoms. The van der Waals surface area contributed by atoms with E-state index in [0.717, 1.165) is 47.7 Å². The molecule has 1 saturated carbocycles. The fraction of sp³-hybridized carbons (Fsp3) is 0.444. The standard InChI is InChI=1S/C18H21N7/c1-2-24-17(15-10-14(20-21-15)12-6-8-19-9-7-12)22-23-18(24)25-11-13-4-3-5-16(13)25/h6-10,13,16H,2-5,11H2,1H3,(H,20,21). The summed E-state index contributed by atoms with van der Waals surface area (Å²) in [6, 6.07) is 6.60. The van der Waals surface area contributed by atoms with Gasteiger partial charge in [0.1, 0.15) is 5.69 Å². The van der Waals surface area contributed by atoms with Gasteiger partial charge in [-0.1, -0.05) is 6.42 Å². The number of H-pyrrole nitrogens is 1. The van der Waals surface area contributed by atoms with E-state index in [-0.39, 0.29) is 0 Å². The molecule has 2 atom stereocenters. The summed E-state index contributed by atoms with van der Waals surface area (Å²) >= 11 is 0. The smallest absolute Gasteiger partial charge is 0.227 e. The van der Waals surface area contributed by atoms with Gasteiger partial charge in [-0.25, -0.2) is 0 Å². The quantitative estimate of drug-likeness (QED) is 0.793. The zero-order chi connectivity index (χ0) is 16.8. The third-order valence-electron chi connectivity index (χ3n) is 5.55. The second-order valence-corrected chi connectivity index (χ2v) is 6.88. The summed E-state index contributed by atoms with van der Waals surface area (Å²) in [7, 11) is 0. The van der Waals surface area contributed by atoms with E-state index in [9.17, 15) is 0 Å². The Morgan fingerprint density at radius 1 is 1.20 bits per heavy atom. The fourth-order valence-corrected chi connectivity index (χ4v) is 4.23. The van der Waals surface area contributed by atoms with E-state index >= 15 is 0 Å². The highest BCUT2D eigenvalue weighted by Crippen LogP contribution is 2.41. The number of aromatic amines is 1. The molecule has 1 aliphatic carbocycles. The highest BCUT2D eigenvalue weighted by Gasteiger charge is 2.44. The zero-order valence-electron chi connectivity index (χ0n) is 14.3. The van der Waals surface area contributed by atoms with E-state index in [2.05, 4.69) is 41.8 Å². The third kappa shape index (κ3) is 2.26. The number of fused-ring (bicyclic) bond motifs is 1. The normalized spacial score (nSPS) is 22.0. The first kappa shape index (κ1) is 14.6. The second kappa shape index (κ2) is 5.68. The molecule has 0 radical (unpaired) electrons. The van der Waals surface area contributed by atoms with Gasteiger partial charge in [0.05, 0.1) is 5.69 Å². The van der Waals surface area contributed by atoms with Crippen molar-refractivity contribution in [1.29, 1.82) is 0 Å². The first-order valence-electron chi connectivity index (χ1n) is 9.01. The number of pyridine rings is 1. The lowest BCUT2D eigenvalue weighted by atomic mass is 9.92. The monoisotopic (exact) mass is 335 g/mol. The Kier molecular flexibility index (Phi) is 3.33. The van der Waals surface area contributed by atoms with Crippen molar-refractivity contribution in [3.05, 3.63) is 30.6 Å². The van der Waals surface area contributed by atoms with Crippen LogP contribution in [0.4, 0.5) is 5.95 Å². The molecular formula is C18H21N7. The summed E-state index contributed by atoms with van der Waals surface area (Å²) < 4.78 is 2.19. The average molecular weight is 335 g/mol. The fourth-order valence-electron chi connectivity index (χ4n) is 4.23. The van der Waals surface area contributed by atoms with Crippen molar-refractivity contribution in [2.75, 3.05) is 11.4 Å². The lowest BCUT2D eigenvalue weighted by molar-refractivity contribution is 0.329. The Morgan fingerprint density at radius 2 is 2.08 bits per heavy atom. The lowest BCUT2D eigenvalue weighted by Gasteiger charge is -2.45. The predicted molar refractivity (Wildman–Crippen MR) is 95.0 cm³/mol. The average Bonchev–Trinajstić information content (AvgIpc) is 3.35. The van der Waals surface area contributed by atoms with Crippen molar-refractivity contribution in [3.63, 3.8) is 0 Å². The lowest BCUT2D eigenvalue weighted by Crippen LogP contribution is -2.54. The Bertz CT molecular complexity index is 882. The maximum absolute atomic E-state index is 4.51. The van der Waals surface area contributed by atoms with E-state index in [1.165, 1.54) is 19.3 Å². The molecule has 7 nitrogen and oxygen atoms in total. The summed E-state index contributed by atoms with van der Waals surface area (Å²) in [5.41, 5.74) is 2.83. The summed E-state index contributed by atoms with van der Waals surface area (Å²) in [5.74, 6) is 2.71. The van der Waals surface area contributed by atoms with Gasteiger partial charge in [0.2, 0.25) is 5.95 Å². The molecule has 2 unspecified atom stereocenters. The molecule has 25 heavy (non-hydrogen) atoms. The Balaban J connectivity index is 1.48. The van der Waals surface area contributed by atoms with Gasteiger partial charge in [-0.3, -0.25) is 14.6 Å². The topological polar surface area (TPSA) is 75.5 Å². The van der Waals surface area contributed by atoms with Crippen LogP contribution in [0.15, 0.2) is 30.6 Å². The molecule has 2 aliphatic rings. The van der Waals surface area contributed by atoms with Crippen LogP contribution in [0.3, 0.4) is 0 Å². The van der Waals surface area contributed by atoms with Crippen molar-refractivity contribution < 1.29 is 0 Å². The van der Waals surface area contributed by atoms with Crippen molar-refractivity contribution >= 4 is 5.95 Å². The molecule has 3 aromatic rings. The van der Waals surface area contributed by atoms with Crippen LogP contribution < -0.4 is 4.90 Å². The van der Waals surface area contributed by atoms with Crippen LogP contribution in [0.25, 0.3) is 22.8 Å². The molecule has 0 bridgehead atoms. The van der Waals surface area contributed by atoms with Gasteiger partial charge in [0.15, 0.2) is 5.82 Å². The predicted octanol–water partition coefficient (Wildman–Crippen LogP) is 2.74. The van der Waals surface area contributed by atoms with Crippen LogP contribution >= 0.6 is 0 Å². The van der Waals surface area contributed by atoms with Crippen LogP contribution in [-0.4, -0.2) is 42.5 Å². The molecule has 2 fully saturated rings.